The van der Waals surface area contributed by atoms with Crippen LogP contribution in [-0.2, 0) is 4.79 Å². The lowest BCUT2D eigenvalue weighted by atomic mass is 10.4. The highest BCUT2D eigenvalue weighted by atomic mass is 35.5. The van der Waals surface area contributed by atoms with Gasteiger partial charge >= 0.3 is 0 Å². The molecule has 1 atom stereocenters. The summed E-state index contributed by atoms with van der Waals surface area (Å²) in [6.45, 7) is 1.54. The summed E-state index contributed by atoms with van der Waals surface area (Å²) in [5, 5.41) is -0.491. The third kappa shape index (κ3) is 2.18. The van der Waals surface area contributed by atoms with Gasteiger partial charge in [-0.1, -0.05) is 0 Å². The minimum Gasteiger partial charge on any atom is -0.321 e. The van der Waals surface area contributed by atoms with Gasteiger partial charge in [0.25, 0.3) is 0 Å². The lowest BCUT2D eigenvalue weighted by Gasteiger charge is -1.89. The molecule has 0 aromatic rings. The van der Waals surface area contributed by atoms with Crippen molar-refractivity contribution in [3.63, 3.8) is 0 Å². The van der Waals surface area contributed by atoms with Crippen LogP contribution in [0.4, 0.5) is 0 Å². The second-order valence-corrected chi connectivity index (χ2v) is 1.47. The fourth-order valence-corrected chi connectivity index (χ4v) is 0. The molecule has 2 nitrogen and oxygen atoms in total. The van der Waals surface area contributed by atoms with Crippen LogP contribution in [0.15, 0.2) is 0 Å². The molecule has 0 amide bonds. The monoisotopic (exact) mass is 107 g/mol. The van der Waals surface area contributed by atoms with E-state index in [0.717, 1.165) is 0 Å². The molecular weight excluding hydrogens is 101 g/mol. The predicted molar refractivity (Wildman–Crippen MR) is 24.5 cm³/mol. The van der Waals surface area contributed by atoms with Crippen LogP contribution < -0.4 is 5.73 Å². The van der Waals surface area contributed by atoms with Gasteiger partial charge in [-0.3, -0.25) is 4.79 Å². The molecule has 0 bridgehead atoms. The quantitative estimate of drug-likeness (QED) is 0.483. The average molecular weight is 108 g/mol. The standard InChI is InChI=1S/C3H6ClNO/c1-2(5)3(4)6/h2H,5H2,1H3/t2-/m1/s1. The number of nitrogens with two attached hydrogens (primary N) is 1. The van der Waals surface area contributed by atoms with Crippen LogP contribution >= 0.6 is 11.6 Å². The highest BCUT2D eigenvalue weighted by molar-refractivity contribution is 6.64. The van der Waals surface area contributed by atoms with E-state index in [4.69, 9.17) is 17.3 Å². The number of rotatable bonds is 1. The van der Waals surface area contributed by atoms with Crippen LogP contribution in [-0.4, -0.2) is 11.3 Å². The van der Waals surface area contributed by atoms with Gasteiger partial charge in [-0.25, -0.2) is 0 Å². The predicted octanol–water partition coefficient (Wildman–Crippen LogP) is 0.0990. The van der Waals surface area contributed by atoms with Crippen molar-refractivity contribution in [3.8, 4) is 0 Å². The van der Waals surface area contributed by atoms with E-state index in [0.29, 0.717) is 0 Å². The lowest BCUT2D eigenvalue weighted by molar-refractivity contribution is -0.112. The summed E-state index contributed by atoms with van der Waals surface area (Å²) in [5.74, 6) is 0. The van der Waals surface area contributed by atoms with Crippen molar-refractivity contribution in [2.75, 3.05) is 0 Å². The van der Waals surface area contributed by atoms with E-state index in [1.54, 1.807) is 0 Å². The summed E-state index contributed by atoms with van der Waals surface area (Å²) >= 11 is 4.85. The largest absolute Gasteiger partial charge is 0.321 e. The van der Waals surface area contributed by atoms with Crippen molar-refractivity contribution < 1.29 is 4.79 Å². The molecule has 36 valence electrons. The third-order valence-corrected chi connectivity index (χ3v) is 0.702. The second-order valence-electron chi connectivity index (χ2n) is 1.09. The van der Waals surface area contributed by atoms with Gasteiger partial charge < -0.3 is 5.73 Å². The summed E-state index contributed by atoms with van der Waals surface area (Å²) in [4.78, 5) is 9.78. The van der Waals surface area contributed by atoms with Crippen LogP contribution in [0.2, 0.25) is 0 Å². The molecule has 2 N–H and O–H groups in total. The van der Waals surface area contributed by atoms with E-state index < -0.39 is 11.3 Å². The van der Waals surface area contributed by atoms with Crippen molar-refractivity contribution in [2.24, 2.45) is 5.73 Å². The van der Waals surface area contributed by atoms with Crippen molar-refractivity contribution >= 4 is 16.8 Å². The van der Waals surface area contributed by atoms with Crippen molar-refractivity contribution in [1.82, 2.24) is 0 Å². The Morgan fingerprint density at radius 1 is 2.00 bits per heavy atom. The van der Waals surface area contributed by atoms with E-state index in [1.807, 2.05) is 0 Å². The molecule has 0 aliphatic rings. The fraction of sp³-hybridized carbons (Fsp3) is 0.667. The summed E-state index contributed by atoms with van der Waals surface area (Å²) in [5.41, 5.74) is 4.95. The van der Waals surface area contributed by atoms with Gasteiger partial charge in [-0.15, -0.1) is 0 Å². The molecule has 0 aliphatic heterocycles. The van der Waals surface area contributed by atoms with E-state index in [9.17, 15) is 4.79 Å². The molecule has 6 heavy (non-hydrogen) atoms. The summed E-state index contributed by atoms with van der Waals surface area (Å²) in [6.07, 6.45) is 0. The molecule has 0 heterocycles. The zero-order valence-corrected chi connectivity index (χ0v) is 4.20. The molecule has 0 spiro atoms. The first-order chi connectivity index (χ1) is 2.64. The first kappa shape index (κ1) is 5.92. The molecule has 0 aromatic carbocycles. The van der Waals surface area contributed by atoms with Gasteiger partial charge in [-0.2, -0.15) is 0 Å². The summed E-state index contributed by atoms with van der Waals surface area (Å²) < 4.78 is 0. The third-order valence-electron chi connectivity index (χ3n) is 0.358. The smallest absolute Gasteiger partial charge is 0.238 e. The van der Waals surface area contributed by atoms with Crippen molar-refractivity contribution in [1.29, 1.82) is 0 Å². The fourth-order valence-electron chi connectivity index (χ4n) is 0. The topological polar surface area (TPSA) is 43.1 Å². The Kier molecular flexibility index (Phi) is 2.13. The Balaban J connectivity index is 3.26. The maximum atomic E-state index is 9.78. The normalized spacial score (nSPS) is 13.8. The van der Waals surface area contributed by atoms with Crippen LogP contribution in [0.3, 0.4) is 0 Å². The summed E-state index contributed by atoms with van der Waals surface area (Å²) in [7, 11) is 0. The number of carbonyl (C=O) groups excluding carboxylic acids is 1. The zero-order valence-electron chi connectivity index (χ0n) is 3.44. The van der Waals surface area contributed by atoms with Crippen LogP contribution in [0, 0.1) is 0 Å². The van der Waals surface area contributed by atoms with Gasteiger partial charge in [0.05, 0.1) is 6.04 Å². The number of carbonyl (C=O) groups is 1. The highest BCUT2D eigenvalue weighted by Gasteiger charge is 1.98. The Labute approximate surface area is 41.3 Å². The van der Waals surface area contributed by atoms with E-state index >= 15 is 0 Å². The average Bonchev–Trinajstić information content (AvgIpc) is 1.36. The molecule has 0 unspecified atom stereocenters. The first-order valence-electron chi connectivity index (χ1n) is 1.59. The Hall–Kier alpha value is -0.0800. The van der Waals surface area contributed by atoms with Crippen molar-refractivity contribution in [3.05, 3.63) is 0 Å². The van der Waals surface area contributed by atoms with Gasteiger partial charge in [0.2, 0.25) is 5.24 Å². The molecule has 0 aromatic heterocycles. The SMILES string of the molecule is C[C@@H](N)C(=O)Cl. The molecule has 0 rings (SSSR count). The zero-order chi connectivity index (χ0) is 5.15. The van der Waals surface area contributed by atoms with Gasteiger partial charge in [0.15, 0.2) is 0 Å². The van der Waals surface area contributed by atoms with E-state index in [-0.39, 0.29) is 0 Å². The van der Waals surface area contributed by atoms with E-state index in [2.05, 4.69) is 0 Å². The molecule has 0 saturated carbocycles. The van der Waals surface area contributed by atoms with Crippen LogP contribution in [0.25, 0.3) is 0 Å². The molecular formula is C3H6ClNO. The van der Waals surface area contributed by atoms with Crippen LogP contribution in [0.5, 0.6) is 0 Å². The number of halogens is 1. The first-order valence-corrected chi connectivity index (χ1v) is 1.97. The number of hydrogen-bond acceptors (Lipinski definition) is 2. The Morgan fingerprint density at radius 2 is 2.17 bits per heavy atom. The second kappa shape index (κ2) is 2.16. The molecule has 0 fully saturated rings. The Morgan fingerprint density at radius 3 is 2.17 bits per heavy atom. The summed E-state index contributed by atoms with van der Waals surface area (Å²) in [6, 6.07) is -0.522. The molecule has 3 heteroatoms. The maximum absolute atomic E-state index is 9.78. The van der Waals surface area contributed by atoms with Gasteiger partial charge in [0, 0.05) is 0 Å². The number of hydrogen-bond donors (Lipinski definition) is 1. The van der Waals surface area contributed by atoms with Gasteiger partial charge in [-0.05, 0) is 18.5 Å². The van der Waals surface area contributed by atoms with Crippen LogP contribution in [0.1, 0.15) is 6.92 Å². The minimum atomic E-state index is -0.522. The van der Waals surface area contributed by atoms with E-state index in [1.165, 1.54) is 6.92 Å². The molecule has 0 aliphatic carbocycles. The molecule has 0 radical (unpaired) electrons. The van der Waals surface area contributed by atoms with Gasteiger partial charge in [0.1, 0.15) is 0 Å². The Bertz CT molecular complexity index is 61.8. The minimum absolute atomic E-state index is 0.491. The highest BCUT2D eigenvalue weighted by Crippen LogP contribution is 1.81. The maximum Gasteiger partial charge on any atom is 0.238 e. The molecule has 0 saturated heterocycles. The lowest BCUT2D eigenvalue weighted by Crippen LogP contribution is -2.21. The van der Waals surface area contributed by atoms with Crippen molar-refractivity contribution in [2.45, 2.75) is 13.0 Å².